The van der Waals surface area contributed by atoms with Crippen molar-refractivity contribution < 1.29 is 69.0 Å². The van der Waals surface area contributed by atoms with Crippen molar-refractivity contribution in [2.45, 2.75) is 300 Å². The number of carbonyl (C=O) groups is 1. The van der Waals surface area contributed by atoms with Crippen molar-refractivity contribution in [3.05, 3.63) is 36.5 Å². The van der Waals surface area contributed by atoms with Crippen molar-refractivity contribution >= 4 is 5.97 Å². The number of rotatable bonds is 48. The lowest BCUT2D eigenvalue weighted by atomic mass is 9.98. The predicted octanol–water partition coefficient (Wildman–Crippen LogP) is 10.5. The quantitative estimate of drug-likeness (QED) is 0.0172. The highest BCUT2D eigenvalue weighted by molar-refractivity contribution is 5.69. The van der Waals surface area contributed by atoms with Gasteiger partial charge in [-0.15, -0.1) is 0 Å². The minimum atomic E-state index is -1.71. The molecule has 0 amide bonds. The van der Waals surface area contributed by atoms with Crippen molar-refractivity contribution in [2.24, 2.45) is 0 Å². The van der Waals surface area contributed by atoms with Gasteiger partial charge in [0.15, 0.2) is 12.6 Å². The molecule has 11 unspecified atom stereocenters. The van der Waals surface area contributed by atoms with E-state index in [-0.39, 0.29) is 25.6 Å². The van der Waals surface area contributed by atoms with Crippen molar-refractivity contribution in [3.63, 3.8) is 0 Å². The molecule has 73 heavy (non-hydrogen) atoms. The second kappa shape index (κ2) is 46.3. The zero-order valence-electron chi connectivity index (χ0n) is 45.9. The molecule has 2 heterocycles. The molecule has 0 aromatic carbocycles. The van der Waals surface area contributed by atoms with E-state index in [1.54, 1.807) is 0 Å². The average Bonchev–Trinajstić information content (AvgIpc) is 3.39. The fourth-order valence-corrected chi connectivity index (χ4v) is 9.31. The van der Waals surface area contributed by atoms with E-state index in [1.165, 1.54) is 141 Å². The molecule has 2 fully saturated rings. The lowest BCUT2D eigenvalue weighted by Crippen LogP contribution is -2.61. The Morgan fingerprint density at radius 2 is 0.849 bits per heavy atom. The minimum Gasteiger partial charge on any atom is -0.457 e. The second-order valence-corrected chi connectivity index (χ2v) is 20.8. The molecule has 14 heteroatoms. The number of aliphatic hydroxyl groups excluding tert-OH is 7. The van der Waals surface area contributed by atoms with Crippen LogP contribution in [-0.4, -0.2) is 142 Å². The third-order valence-corrected chi connectivity index (χ3v) is 14.1. The molecule has 2 saturated heterocycles. The Balaban J connectivity index is 1.69. The summed E-state index contributed by atoms with van der Waals surface area (Å²) < 4.78 is 34.4. The Labute approximate surface area is 442 Å². The maximum atomic E-state index is 13.0. The molecule has 11 atom stereocenters. The van der Waals surface area contributed by atoms with E-state index in [1.807, 2.05) is 0 Å². The van der Waals surface area contributed by atoms with Gasteiger partial charge in [-0.1, -0.05) is 192 Å². The van der Waals surface area contributed by atoms with E-state index < -0.39 is 80.7 Å². The first-order valence-electron chi connectivity index (χ1n) is 29.6. The standard InChI is InChI=1S/C59H108O14/c1-3-5-7-9-11-13-15-17-19-20-21-22-23-24-25-26-27-29-31-33-35-37-39-41-43-68-45-48(71-51(61)42-40-38-36-34-32-30-28-18-16-14-12-10-8-6-4-2)46-69-58-57(67)55(65)53(63)50(73-58)47-70-59-56(66)54(64)52(62)49(44-60)72-59/h12,14,18,20-21,28,48-50,52-60,62-67H,3-11,13,15-17,19,22-27,29-47H2,1-2H3/b14-12-,21-20-,28-18-. The summed E-state index contributed by atoms with van der Waals surface area (Å²) in [5, 5.41) is 72.3. The molecule has 0 aliphatic carbocycles. The molecule has 0 bridgehead atoms. The van der Waals surface area contributed by atoms with Crippen LogP contribution in [0.4, 0.5) is 0 Å². The zero-order chi connectivity index (χ0) is 53.0. The molecule has 2 aliphatic rings. The lowest BCUT2D eigenvalue weighted by Gasteiger charge is -2.42. The number of hydrogen-bond donors (Lipinski definition) is 7. The summed E-state index contributed by atoms with van der Waals surface area (Å²) >= 11 is 0. The Morgan fingerprint density at radius 3 is 1.36 bits per heavy atom. The molecule has 2 rings (SSSR count). The molecule has 0 radical (unpaired) electrons. The highest BCUT2D eigenvalue weighted by Crippen LogP contribution is 2.27. The van der Waals surface area contributed by atoms with Crippen molar-refractivity contribution in [1.29, 1.82) is 0 Å². The number of unbranched alkanes of at least 4 members (excludes halogenated alkanes) is 28. The number of hydrogen-bond acceptors (Lipinski definition) is 14. The van der Waals surface area contributed by atoms with Gasteiger partial charge in [0.1, 0.15) is 54.9 Å². The van der Waals surface area contributed by atoms with Crippen LogP contribution < -0.4 is 0 Å². The maximum absolute atomic E-state index is 13.0. The first-order chi connectivity index (χ1) is 35.6. The number of allylic oxidation sites excluding steroid dienone is 6. The predicted molar refractivity (Wildman–Crippen MR) is 289 cm³/mol. The summed E-state index contributed by atoms with van der Waals surface area (Å²) in [6.45, 7) is 3.67. The monoisotopic (exact) mass is 1040 g/mol. The van der Waals surface area contributed by atoms with E-state index in [0.29, 0.717) is 13.0 Å². The lowest BCUT2D eigenvalue weighted by molar-refractivity contribution is -0.332. The number of esters is 1. The third-order valence-electron chi connectivity index (χ3n) is 14.1. The molecule has 7 N–H and O–H groups in total. The number of carbonyl (C=O) groups excluding carboxylic acids is 1. The van der Waals surface area contributed by atoms with Crippen LogP contribution in [0.25, 0.3) is 0 Å². The minimum absolute atomic E-state index is 0.0571. The van der Waals surface area contributed by atoms with Crippen LogP contribution in [0.5, 0.6) is 0 Å². The van der Waals surface area contributed by atoms with E-state index in [0.717, 1.165) is 64.2 Å². The molecule has 14 nitrogen and oxygen atoms in total. The number of ether oxygens (including phenoxy) is 6. The zero-order valence-corrected chi connectivity index (χ0v) is 45.9. The van der Waals surface area contributed by atoms with Gasteiger partial charge in [-0.25, -0.2) is 0 Å². The van der Waals surface area contributed by atoms with Gasteiger partial charge in [-0.2, -0.15) is 0 Å². The second-order valence-electron chi connectivity index (χ2n) is 20.8. The normalized spacial score (nSPS) is 25.2. The Kier molecular flexibility index (Phi) is 42.7. The van der Waals surface area contributed by atoms with Gasteiger partial charge < -0.3 is 64.2 Å². The molecule has 428 valence electrons. The van der Waals surface area contributed by atoms with Gasteiger partial charge in [0, 0.05) is 13.0 Å². The van der Waals surface area contributed by atoms with Crippen LogP contribution in [0.15, 0.2) is 36.5 Å². The van der Waals surface area contributed by atoms with Crippen LogP contribution in [0.3, 0.4) is 0 Å². The van der Waals surface area contributed by atoms with Crippen LogP contribution in [-0.2, 0) is 33.2 Å². The van der Waals surface area contributed by atoms with E-state index in [2.05, 4.69) is 50.3 Å². The Hall–Kier alpha value is -1.79. The topological polar surface area (TPSA) is 214 Å². The molecule has 0 aromatic rings. The fraction of sp³-hybridized carbons (Fsp3) is 0.881. The summed E-state index contributed by atoms with van der Waals surface area (Å²) in [4.78, 5) is 13.0. The van der Waals surface area contributed by atoms with Crippen LogP contribution in [0.2, 0.25) is 0 Å². The molecule has 0 aromatic heterocycles. The molecule has 0 saturated carbocycles. The fourth-order valence-electron chi connectivity index (χ4n) is 9.31. The van der Waals surface area contributed by atoms with Gasteiger partial charge in [0.05, 0.1) is 26.4 Å². The molecule has 2 aliphatic heterocycles. The Bertz CT molecular complexity index is 1350. The number of aliphatic hydroxyl groups is 7. The molecular formula is C59H108O14. The maximum Gasteiger partial charge on any atom is 0.306 e. The van der Waals surface area contributed by atoms with Gasteiger partial charge in [0.25, 0.3) is 0 Å². The SMILES string of the molecule is CCCCC/C=C\C/C=C\CCCCCCCC(=O)OC(COCCCCCCCCCCCCCC/C=C\CCCCCCCCCC)COC1OC(COC2OC(CO)C(O)C(O)C2O)C(O)C(O)C1O. The summed E-state index contributed by atoms with van der Waals surface area (Å²) in [7, 11) is 0. The van der Waals surface area contributed by atoms with E-state index >= 15 is 0 Å². The van der Waals surface area contributed by atoms with Gasteiger partial charge >= 0.3 is 5.97 Å². The third kappa shape index (κ3) is 33.2. The summed E-state index contributed by atoms with van der Waals surface area (Å²) in [6.07, 6.45) is 37.8. The highest BCUT2D eigenvalue weighted by atomic mass is 16.7. The average molecular weight is 1040 g/mol. The van der Waals surface area contributed by atoms with Crippen molar-refractivity contribution in [1.82, 2.24) is 0 Å². The first kappa shape index (κ1) is 67.3. The van der Waals surface area contributed by atoms with Crippen molar-refractivity contribution in [3.8, 4) is 0 Å². The van der Waals surface area contributed by atoms with Gasteiger partial charge in [-0.05, 0) is 70.6 Å². The highest BCUT2D eigenvalue weighted by Gasteiger charge is 2.47. The van der Waals surface area contributed by atoms with Gasteiger partial charge in [-0.3, -0.25) is 4.79 Å². The molecule has 0 spiro atoms. The Morgan fingerprint density at radius 1 is 0.452 bits per heavy atom. The summed E-state index contributed by atoms with van der Waals surface area (Å²) in [5.74, 6) is -0.388. The van der Waals surface area contributed by atoms with Crippen molar-refractivity contribution in [2.75, 3.05) is 33.0 Å². The van der Waals surface area contributed by atoms with E-state index in [9.17, 15) is 40.5 Å². The van der Waals surface area contributed by atoms with Gasteiger partial charge in [0.2, 0.25) is 0 Å². The summed E-state index contributed by atoms with van der Waals surface area (Å²) in [6, 6.07) is 0. The van der Waals surface area contributed by atoms with E-state index in [4.69, 9.17) is 28.4 Å². The first-order valence-corrected chi connectivity index (χ1v) is 29.6. The largest absolute Gasteiger partial charge is 0.457 e. The smallest absolute Gasteiger partial charge is 0.306 e. The van der Waals surface area contributed by atoms with Crippen LogP contribution in [0.1, 0.15) is 232 Å². The molecular weight excluding hydrogens is 933 g/mol. The summed E-state index contributed by atoms with van der Waals surface area (Å²) in [5.41, 5.74) is 0. The van der Waals surface area contributed by atoms with Crippen LogP contribution in [0, 0.1) is 0 Å². The van der Waals surface area contributed by atoms with Crippen LogP contribution >= 0.6 is 0 Å².